The minimum atomic E-state index is 0.0860. The Morgan fingerprint density at radius 1 is 1.04 bits per heavy atom. The van der Waals surface area contributed by atoms with E-state index in [0.29, 0.717) is 5.92 Å². The summed E-state index contributed by atoms with van der Waals surface area (Å²) in [6, 6.07) is 13.1. The third-order valence-corrected chi connectivity index (χ3v) is 5.16. The molecule has 0 fully saturated rings. The monoisotopic (exact) mass is 309 g/mol. The number of fused-ring (bicyclic) bond motifs is 1. The van der Waals surface area contributed by atoms with Crippen molar-refractivity contribution >= 4 is 11.4 Å². The SMILES string of the molecule is COc1ccc(N2c3cc(C)c(C)cc3C(C)CC2(C)C)cc1. The van der Waals surface area contributed by atoms with Crippen molar-refractivity contribution in [3.63, 3.8) is 0 Å². The Kier molecular flexibility index (Phi) is 3.87. The van der Waals surface area contributed by atoms with E-state index in [4.69, 9.17) is 4.74 Å². The third-order valence-electron chi connectivity index (χ3n) is 5.16. The van der Waals surface area contributed by atoms with Gasteiger partial charge in [0.25, 0.3) is 0 Å². The molecule has 1 aliphatic rings. The molecule has 2 nitrogen and oxygen atoms in total. The number of nitrogens with zero attached hydrogens (tertiary/aromatic N) is 1. The van der Waals surface area contributed by atoms with Crippen LogP contribution in [0.2, 0.25) is 0 Å². The first-order valence-corrected chi connectivity index (χ1v) is 8.39. The highest BCUT2D eigenvalue weighted by atomic mass is 16.5. The molecule has 23 heavy (non-hydrogen) atoms. The lowest BCUT2D eigenvalue weighted by Gasteiger charge is -2.47. The maximum absolute atomic E-state index is 5.31. The summed E-state index contributed by atoms with van der Waals surface area (Å²) in [5.41, 5.74) is 6.86. The van der Waals surface area contributed by atoms with E-state index in [1.54, 1.807) is 7.11 Å². The van der Waals surface area contributed by atoms with Crippen molar-refractivity contribution in [3.05, 3.63) is 53.1 Å². The lowest BCUT2D eigenvalue weighted by atomic mass is 9.78. The van der Waals surface area contributed by atoms with E-state index >= 15 is 0 Å². The van der Waals surface area contributed by atoms with E-state index in [1.807, 2.05) is 12.1 Å². The Balaban J connectivity index is 2.17. The van der Waals surface area contributed by atoms with Crippen molar-refractivity contribution in [1.29, 1.82) is 0 Å². The first-order valence-electron chi connectivity index (χ1n) is 8.39. The van der Waals surface area contributed by atoms with Gasteiger partial charge >= 0.3 is 0 Å². The van der Waals surface area contributed by atoms with Crippen molar-refractivity contribution in [2.45, 2.75) is 52.5 Å². The lowest BCUT2D eigenvalue weighted by Crippen LogP contribution is -2.45. The van der Waals surface area contributed by atoms with E-state index in [1.165, 1.54) is 28.1 Å². The molecular weight excluding hydrogens is 282 g/mol. The number of methoxy groups -OCH3 is 1. The quantitative estimate of drug-likeness (QED) is 0.701. The van der Waals surface area contributed by atoms with Gasteiger partial charge in [-0.15, -0.1) is 0 Å². The molecule has 2 aromatic rings. The van der Waals surface area contributed by atoms with Crippen LogP contribution in [-0.2, 0) is 0 Å². The van der Waals surface area contributed by atoms with Gasteiger partial charge in [-0.1, -0.05) is 13.0 Å². The van der Waals surface area contributed by atoms with Crippen LogP contribution in [0.5, 0.6) is 5.75 Å². The van der Waals surface area contributed by atoms with Crippen molar-refractivity contribution in [3.8, 4) is 5.75 Å². The Morgan fingerprint density at radius 3 is 2.26 bits per heavy atom. The Hall–Kier alpha value is -1.96. The van der Waals surface area contributed by atoms with Crippen LogP contribution in [0.1, 0.15) is 49.8 Å². The van der Waals surface area contributed by atoms with Crippen molar-refractivity contribution < 1.29 is 4.74 Å². The minimum Gasteiger partial charge on any atom is -0.497 e. The third kappa shape index (κ3) is 2.71. The second-order valence-electron chi connectivity index (χ2n) is 7.45. The molecular formula is C21H27NO. The van der Waals surface area contributed by atoms with Crippen molar-refractivity contribution in [2.24, 2.45) is 0 Å². The Labute approximate surface area is 140 Å². The topological polar surface area (TPSA) is 12.5 Å². The molecule has 0 aliphatic carbocycles. The molecule has 0 saturated carbocycles. The zero-order valence-corrected chi connectivity index (χ0v) is 15.1. The molecule has 1 unspecified atom stereocenters. The maximum Gasteiger partial charge on any atom is 0.119 e. The fourth-order valence-corrected chi connectivity index (χ4v) is 3.91. The number of ether oxygens (including phenoxy) is 1. The molecule has 122 valence electrons. The summed E-state index contributed by atoms with van der Waals surface area (Å²) in [5, 5.41) is 0. The van der Waals surface area contributed by atoms with Gasteiger partial charge in [-0.3, -0.25) is 0 Å². The molecule has 0 N–H and O–H groups in total. The molecule has 0 amide bonds. The number of rotatable bonds is 2. The summed E-state index contributed by atoms with van der Waals surface area (Å²) in [4.78, 5) is 2.49. The van der Waals surface area contributed by atoms with Gasteiger partial charge < -0.3 is 9.64 Å². The molecule has 0 radical (unpaired) electrons. The number of hydrogen-bond donors (Lipinski definition) is 0. The van der Waals surface area contributed by atoms with Crippen molar-refractivity contribution in [2.75, 3.05) is 12.0 Å². The van der Waals surface area contributed by atoms with Gasteiger partial charge in [0.2, 0.25) is 0 Å². The Bertz CT molecular complexity index is 715. The number of benzene rings is 2. The molecule has 0 bridgehead atoms. The fraction of sp³-hybridized carbons (Fsp3) is 0.429. The van der Waals surface area contributed by atoms with Crippen LogP contribution in [0.25, 0.3) is 0 Å². The van der Waals surface area contributed by atoms with Gasteiger partial charge in [-0.05, 0) is 87.1 Å². The second-order valence-corrected chi connectivity index (χ2v) is 7.45. The largest absolute Gasteiger partial charge is 0.497 e. The van der Waals surface area contributed by atoms with E-state index in [0.717, 1.165) is 12.2 Å². The number of hydrogen-bond acceptors (Lipinski definition) is 2. The van der Waals surface area contributed by atoms with Crippen LogP contribution < -0.4 is 9.64 Å². The van der Waals surface area contributed by atoms with Gasteiger partial charge in [0.1, 0.15) is 5.75 Å². The second kappa shape index (κ2) is 5.59. The van der Waals surface area contributed by atoms with Gasteiger partial charge in [0.15, 0.2) is 0 Å². The average molecular weight is 309 g/mol. The first kappa shape index (κ1) is 15.9. The van der Waals surface area contributed by atoms with Gasteiger partial charge in [0.05, 0.1) is 7.11 Å². The molecule has 0 saturated heterocycles. The van der Waals surface area contributed by atoms with E-state index in [9.17, 15) is 0 Å². The molecule has 3 rings (SSSR count). The highest BCUT2D eigenvalue weighted by Crippen LogP contribution is 2.48. The summed E-state index contributed by atoms with van der Waals surface area (Å²) in [6.45, 7) is 11.4. The normalized spacial score (nSPS) is 19.4. The van der Waals surface area contributed by atoms with Crippen LogP contribution in [-0.4, -0.2) is 12.6 Å². The van der Waals surface area contributed by atoms with Gasteiger partial charge in [-0.25, -0.2) is 0 Å². The van der Waals surface area contributed by atoms with Gasteiger partial charge in [0, 0.05) is 16.9 Å². The molecule has 2 heteroatoms. The van der Waals surface area contributed by atoms with Crippen LogP contribution in [0.3, 0.4) is 0 Å². The van der Waals surface area contributed by atoms with Crippen LogP contribution in [0.4, 0.5) is 11.4 Å². The molecule has 0 aromatic heterocycles. The molecule has 0 spiro atoms. The molecule has 1 aliphatic heterocycles. The zero-order valence-electron chi connectivity index (χ0n) is 15.1. The highest BCUT2D eigenvalue weighted by Gasteiger charge is 2.37. The van der Waals surface area contributed by atoms with E-state index in [-0.39, 0.29) is 5.54 Å². The first-order chi connectivity index (χ1) is 10.8. The zero-order chi connectivity index (χ0) is 16.8. The Morgan fingerprint density at radius 2 is 1.65 bits per heavy atom. The molecule has 1 atom stereocenters. The minimum absolute atomic E-state index is 0.0860. The fourth-order valence-electron chi connectivity index (χ4n) is 3.91. The summed E-state index contributed by atoms with van der Waals surface area (Å²) < 4.78 is 5.31. The molecule has 1 heterocycles. The summed E-state index contributed by atoms with van der Waals surface area (Å²) in [7, 11) is 1.71. The van der Waals surface area contributed by atoms with Crippen LogP contribution in [0.15, 0.2) is 36.4 Å². The summed E-state index contributed by atoms with van der Waals surface area (Å²) in [6.07, 6.45) is 1.15. The average Bonchev–Trinajstić information content (AvgIpc) is 2.49. The number of aryl methyl sites for hydroxylation is 2. The van der Waals surface area contributed by atoms with Gasteiger partial charge in [-0.2, -0.15) is 0 Å². The van der Waals surface area contributed by atoms with E-state index < -0.39 is 0 Å². The summed E-state index contributed by atoms with van der Waals surface area (Å²) in [5.74, 6) is 1.48. The maximum atomic E-state index is 5.31. The predicted molar refractivity (Wildman–Crippen MR) is 98.2 cm³/mol. The molecule has 2 aromatic carbocycles. The van der Waals surface area contributed by atoms with Crippen molar-refractivity contribution in [1.82, 2.24) is 0 Å². The standard InChI is InChI=1S/C21H27NO/c1-14-11-19-16(3)13-21(4,5)22(20(19)12-15(14)2)17-7-9-18(23-6)10-8-17/h7-12,16H,13H2,1-6H3. The number of anilines is 2. The predicted octanol–water partition coefficient (Wildman–Crippen LogP) is 5.74. The summed E-state index contributed by atoms with van der Waals surface area (Å²) >= 11 is 0. The van der Waals surface area contributed by atoms with E-state index in [2.05, 4.69) is 63.8 Å². The lowest BCUT2D eigenvalue weighted by molar-refractivity contribution is 0.406. The van der Waals surface area contributed by atoms with Crippen LogP contribution in [0, 0.1) is 13.8 Å². The smallest absolute Gasteiger partial charge is 0.119 e. The van der Waals surface area contributed by atoms with Crippen LogP contribution >= 0.6 is 0 Å². The highest BCUT2D eigenvalue weighted by molar-refractivity contribution is 5.72.